The number of rotatable bonds is 7. The Kier molecular flexibility index (Phi) is 5.65. The molecule has 0 aliphatic rings. The number of nitrogens with zero attached hydrogens (tertiary/aromatic N) is 5. The van der Waals surface area contributed by atoms with E-state index in [-0.39, 0.29) is 23.5 Å². The Morgan fingerprint density at radius 3 is 1.67 bits per heavy atom. The summed E-state index contributed by atoms with van der Waals surface area (Å²) in [6.45, 7) is 0.422. The van der Waals surface area contributed by atoms with Gasteiger partial charge in [-0.3, -0.25) is 0 Å². The van der Waals surface area contributed by atoms with Crippen LogP contribution in [0.25, 0.3) is 0 Å². The number of hydrogen-bond donors (Lipinski definition) is 3. The minimum Gasteiger partial charge on any atom is -0.350 e. The second-order valence-corrected chi connectivity index (χ2v) is 6.17. The molecule has 0 saturated heterocycles. The molecule has 3 N–H and O–H groups in total. The summed E-state index contributed by atoms with van der Waals surface area (Å²) in [5.41, 5.74) is 2.12. The molecule has 0 spiro atoms. The molecule has 150 valence electrons. The van der Waals surface area contributed by atoms with Crippen LogP contribution in [0.15, 0.2) is 67.0 Å². The summed E-state index contributed by atoms with van der Waals surface area (Å²) in [5, 5.41) is 16.7. The highest BCUT2D eigenvalue weighted by Crippen LogP contribution is 2.19. The Labute approximate surface area is 170 Å². The molecular weight excluding hydrogens is 390 g/mol. The minimum absolute atomic E-state index is 0.247. The molecule has 2 aromatic carbocycles. The lowest BCUT2D eigenvalue weighted by Crippen LogP contribution is -2.10. The zero-order chi connectivity index (χ0) is 20.8. The normalized spacial score (nSPS) is 10.5. The van der Waals surface area contributed by atoms with Crippen LogP contribution in [-0.2, 0) is 6.54 Å². The summed E-state index contributed by atoms with van der Waals surface area (Å²) in [6, 6.07) is 13.4. The van der Waals surface area contributed by atoms with Crippen LogP contribution < -0.4 is 16.0 Å². The minimum atomic E-state index is -0.344. The van der Waals surface area contributed by atoms with Gasteiger partial charge >= 0.3 is 0 Å². The van der Waals surface area contributed by atoms with Gasteiger partial charge in [-0.25, -0.2) is 8.78 Å². The predicted octanol–water partition coefficient (Wildman–Crippen LogP) is 4.04. The van der Waals surface area contributed by atoms with Gasteiger partial charge in [0.2, 0.25) is 17.8 Å². The zero-order valence-electron chi connectivity index (χ0n) is 15.5. The third-order valence-corrected chi connectivity index (χ3v) is 3.93. The van der Waals surface area contributed by atoms with Gasteiger partial charge in [0.15, 0.2) is 0 Å². The van der Waals surface area contributed by atoms with Crippen molar-refractivity contribution in [2.24, 2.45) is 0 Å². The van der Waals surface area contributed by atoms with E-state index in [0.717, 1.165) is 5.56 Å². The first-order valence-corrected chi connectivity index (χ1v) is 8.95. The first-order chi connectivity index (χ1) is 14.6. The molecule has 4 rings (SSSR count). The van der Waals surface area contributed by atoms with Gasteiger partial charge in [0, 0.05) is 24.1 Å². The van der Waals surface area contributed by atoms with Crippen LogP contribution in [0.3, 0.4) is 0 Å². The van der Waals surface area contributed by atoms with Crippen molar-refractivity contribution >= 4 is 29.2 Å². The van der Waals surface area contributed by atoms with E-state index in [4.69, 9.17) is 0 Å². The fourth-order valence-corrected chi connectivity index (χ4v) is 2.50. The van der Waals surface area contributed by atoms with E-state index in [0.29, 0.717) is 23.9 Å². The van der Waals surface area contributed by atoms with Crippen LogP contribution in [0.5, 0.6) is 0 Å². The molecule has 30 heavy (non-hydrogen) atoms. The van der Waals surface area contributed by atoms with Crippen LogP contribution in [0.4, 0.5) is 38.0 Å². The van der Waals surface area contributed by atoms with Crippen molar-refractivity contribution in [3.05, 3.63) is 84.2 Å². The molecule has 2 heterocycles. The Morgan fingerprint density at radius 1 is 0.633 bits per heavy atom. The number of nitrogens with one attached hydrogen (secondary N) is 3. The fourth-order valence-electron chi connectivity index (χ4n) is 2.50. The number of aromatic nitrogens is 5. The van der Waals surface area contributed by atoms with Gasteiger partial charge in [-0.2, -0.15) is 25.1 Å². The predicted molar refractivity (Wildman–Crippen MR) is 109 cm³/mol. The van der Waals surface area contributed by atoms with E-state index < -0.39 is 0 Å². The van der Waals surface area contributed by atoms with E-state index in [1.54, 1.807) is 36.7 Å². The average Bonchev–Trinajstić information content (AvgIpc) is 2.76. The van der Waals surface area contributed by atoms with Crippen molar-refractivity contribution in [1.82, 2.24) is 25.1 Å². The van der Waals surface area contributed by atoms with Crippen LogP contribution in [0.2, 0.25) is 0 Å². The summed E-state index contributed by atoms with van der Waals surface area (Å²) >= 11 is 0. The summed E-state index contributed by atoms with van der Waals surface area (Å²) in [4.78, 5) is 13.0. The van der Waals surface area contributed by atoms with Gasteiger partial charge in [0.1, 0.15) is 11.6 Å². The van der Waals surface area contributed by atoms with E-state index in [9.17, 15) is 8.78 Å². The quantitative estimate of drug-likeness (QED) is 0.423. The van der Waals surface area contributed by atoms with Crippen LogP contribution in [0.1, 0.15) is 5.56 Å². The number of halogens is 2. The molecule has 8 nitrogen and oxygen atoms in total. The molecule has 0 fully saturated rings. The lowest BCUT2D eigenvalue weighted by molar-refractivity contribution is 0.627. The molecule has 10 heteroatoms. The fraction of sp³-hybridized carbons (Fsp3) is 0.0500. The third-order valence-electron chi connectivity index (χ3n) is 3.93. The van der Waals surface area contributed by atoms with Crippen LogP contribution in [-0.4, -0.2) is 25.1 Å². The topological polar surface area (TPSA) is 101 Å². The monoisotopic (exact) mass is 406 g/mol. The lowest BCUT2D eigenvalue weighted by atomic mass is 10.3. The molecule has 0 aliphatic carbocycles. The number of hydrogen-bond acceptors (Lipinski definition) is 8. The smallest absolute Gasteiger partial charge is 0.233 e. The highest BCUT2D eigenvalue weighted by molar-refractivity contribution is 5.59. The SMILES string of the molecule is Fc1ccc(Nc2nc(NCc3ccnnc3)nc(Nc3ccc(F)cc3)n2)cc1. The van der Waals surface area contributed by atoms with Gasteiger partial charge < -0.3 is 16.0 Å². The molecule has 0 unspecified atom stereocenters. The van der Waals surface area contributed by atoms with Gasteiger partial charge in [0.05, 0.1) is 6.20 Å². The molecule has 4 aromatic rings. The zero-order valence-corrected chi connectivity index (χ0v) is 15.5. The summed E-state index contributed by atoms with van der Waals surface area (Å²) in [5.74, 6) is 0.107. The second-order valence-electron chi connectivity index (χ2n) is 6.17. The Hall–Kier alpha value is -4.21. The van der Waals surface area contributed by atoms with Crippen LogP contribution in [0, 0.1) is 11.6 Å². The molecule has 0 saturated carbocycles. The van der Waals surface area contributed by atoms with E-state index in [2.05, 4.69) is 41.1 Å². The lowest BCUT2D eigenvalue weighted by Gasteiger charge is -2.11. The number of anilines is 5. The molecular formula is C20H16F2N8. The standard InChI is InChI=1S/C20H16F2N8/c21-14-1-5-16(6-2-14)26-19-28-18(23-11-13-9-10-24-25-12-13)29-20(30-19)27-17-7-3-15(22)4-8-17/h1-10,12H,11H2,(H3,23,26,27,28,29,30). The maximum absolute atomic E-state index is 13.2. The maximum atomic E-state index is 13.2. The van der Waals surface area contributed by atoms with Gasteiger partial charge in [-0.1, -0.05) is 0 Å². The third kappa shape index (κ3) is 5.19. The Balaban J connectivity index is 1.58. The average molecular weight is 406 g/mol. The van der Waals surface area contributed by atoms with Crippen molar-refractivity contribution in [3.63, 3.8) is 0 Å². The van der Waals surface area contributed by atoms with Gasteiger partial charge in [-0.05, 0) is 60.2 Å². The highest BCUT2D eigenvalue weighted by Gasteiger charge is 2.08. The van der Waals surface area contributed by atoms with Gasteiger partial charge in [-0.15, -0.1) is 0 Å². The molecule has 2 aromatic heterocycles. The van der Waals surface area contributed by atoms with E-state index in [1.165, 1.54) is 24.3 Å². The van der Waals surface area contributed by atoms with Crippen molar-refractivity contribution in [2.75, 3.05) is 16.0 Å². The first-order valence-electron chi connectivity index (χ1n) is 8.95. The van der Waals surface area contributed by atoms with Crippen molar-refractivity contribution in [1.29, 1.82) is 0 Å². The Bertz CT molecular complexity index is 1040. The van der Waals surface area contributed by atoms with E-state index >= 15 is 0 Å². The first kappa shape index (κ1) is 19.1. The summed E-state index contributed by atoms with van der Waals surface area (Å²) in [6.07, 6.45) is 3.22. The van der Waals surface area contributed by atoms with Crippen molar-refractivity contribution < 1.29 is 8.78 Å². The Morgan fingerprint density at radius 2 is 1.17 bits per heavy atom. The van der Waals surface area contributed by atoms with Crippen LogP contribution >= 0.6 is 0 Å². The molecule has 0 bridgehead atoms. The van der Waals surface area contributed by atoms with Crippen molar-refractivity contribution in [3.8, 4) is 0 Å². The van der Waals surface area contributed by atoms with Gasteiger partial charge in [0.25, 0.3) is 0 Å². The largest absolute Gasteiger partial charge is 0.350 e. The van der Waals surface area contributed by atoms with E-state index in [1.807, 2.05) is 6.07 Å². The molecule has 0 atom stereocenters. The second kappa shape index (κ2) is 8.86. The highest BCUT2D eigenvalue weighted by atomic mass is 19.1. The number of benzene rings is 2. The van der Waals surface area contributed by atoms with Crippen molar-refractivity contribution in [2.45, 2.75) is 6.54 Å². The molecule has 0 amide bonds. The molecule has 0 aliphatic heterocycles. The maximum Gasteiger partial charge on any atom is 0.233 e. The summed E-state index contributed by atoms with van der Waals surface area (Å²) in [7, 11) is 0. The summed E-state index contributed by atoms with van der Waals surface area (Å²) < 4.78 is 26.3. The molecule has 0 radical (unpaired) electrons.